The summed E-state index contributed by atoms with van der Waals surface area (Å²) in [7, 11) is 0. The van der Waals surface area contributed by atoms with Crippen LogP contribution in [0.25, 0.3) is 0 Å². The summed E-state index contributed by atoms with van der Waals surface area (Å²) in [5, 5.41) is 13.5. The molecule has 124 valence electrons. The lowest BCUT2D eigenvalue weighted by molar-refractivity contribution is 0.0113. The summed E-state index contributed by atoms with van der Waals surface area (Å²) in [5.74, 6) is 1.99. The summed E-state index contributed by atoms with van der Waals surface area (Å²) in [6.07, 6.45) is 8.75. The second kappa shape index (κ2) is 10.4. The third kappa shape index (κ3) is 6.94. The predicted molar refractivity (Wildman–Crippen MR) is 89.4 cm³/mol. The van der Waals surface area contributed by atoms with Crippen LogP contribution in [-0.4, -0.2) is 37.0 Å². The summed E-state index contributed by atoms with van der Waals surface area (Å²) in [6.45, 7) is 10.8. The molecule has 0 heterocycles. The fraction of sp³-hybridized carbons (Fsp3) is 0.889. The normalized spacial score (nSPS) is 25.2. The highest BCUT2D eigenvalue weighted by atomic mass is 16.5. The van der Waals surface area contributed by atoms with Crippen molar-refractivity contribution in [2.24, 2.45) is 17.8 Å². The Bertz CT molecular complexity index is 289. The summed E-state index contributed by atoms with van der Waals surface area (Å²) < 4.78 is 5.73. The summed E-state index contributed by atoms with van der Waals surface area (Å²) in [5.41, 5.74) is 0. The van der Waals surface area contributed by atoms with E-state index in [1.807, 2.05) is 0 Å². The molecule has 0 spiro atoms. The topological polar surface area (TPSA) is 41.5 Å². The summed E-state index contributed by atoms with van der Waals surface area (Å²) in [4.78, 5) is 0. The van der Waals surface area contributed by atoms with Crippen LogP contribution in [0, 0.1) is 17.8 Å². The van der Waals surface area contributed by atoms with Crippen LogP contribution in [0.15, 0.2) is 12.2 Å². The molecule has 0 aliphatic heterocycles. The molecule has 0 saturated heterocycles. The zero-order chi connectivity index (χ0) is 15.7. The molecule has 0 saturated carbocycles. The third-order valence-electron chi connectivity index (χ3n) is 4.99. The van der Waals surface area contributed by atoms with Gasteiger partial charge < -0.3 is 15.2 Å². The first-order valence-corrected chi connectivity index (χ1v) is 8.72. The van der Waals surface area contributed by atoms with Crippen molar-refractivity contribution in [2.45, 2.75) is 65.5 Å². The standard InChI is InChI=1S/C18H35NO2/c1-5-16(6-2)15(4)19-11-18(20)13-21-12-17-10-8-7-9-14(17)3/h7-8,14-20H,5-6,9-13H2,1-4H3. The molecule has 21 heavy (non-hydrogen) atoms. The second-order valence-electron chi connectivity index (χ2n) is 6.64. The minimum Gasteiger partial charge on any atom is -0.389 e. The molecule has 4 atom stereocenters. The van der Waals surface area contributed by atoms with Crippen LogP contribution in [0.3, 0.4) is 0 Å². The zero-order valence-electron chi connectivity index (χ0n) is 14.3. The molecule has 0 radical (unpaired) electrons. The molecule has 3 heteroatoms. The minimum absolute atomic E-state index is 0.406. The van der Waals surface area contributed by atoms with E-state index in [-0.39, 0.29) is 0 Å². The van der Waals surface area contributed by atoms with Crippen molar-refractivity contribution < 1.29 is 9.84 Å². The first-order chi connectivity index (χ1) is 10.1. The van der Waals surface area contributed by atoms with Crippen molar-refractivity contribution in [1.82, 2.24) is 5.32 Å². The number of ether oxygens (including phenoxy) is 1. The highest BCUT2D eigenvalue weighted by molar-refractivity contribution is 4.93. The average molecular weight is 297 g/mol. The van der Waals surface area contributed by atoms with Crippen LogP contribution < -0.4 is 5.32 Å². The zero-order valence-corrected chi connectivity index (χ0v) is 14.3. The van der Waals surface area contributed by atoms with Crippen molar-refractivity contribution in [3.8, 4) is 0 Å². The monoisotopic (exact) mass is 297 g/mol. The fourth-order valence-electron chi connectivity index (χ4n) is 3.14. The smallest absolute Gasteiger partial charge is 0.0897 e. The molecule has 0 aromatic rings. The minimum atomic E-state index is -0.406. The van der Waals surface area contributed by atoms with Gasteiger partial charge in [-0.2, -0.15) is 0 Å². The van der Waals surface area contributed by atoms with Gasteiger partial charge in [0.05, 0.1) is 19.3 Å². The molecular formula is C18H35NO2. The van der Waals surface area contributed by atoms with E-state index in [4.69, 9.17) is 4.74 Å². The predicted octanol–water partition coefficient (Wildman–Crippen LogP) is 3.38. The van der Waals surface area contributed by atoms with E-state index in [1.165, 1.54) is 12.8 Å². The highest BCUT2D eigenvalue weighted by Gasteiger charge is 2.19. The number of aliphatic hydroxyl groups excluding tert-OH is 1. The highest BCUT2D eigenvalue weighted by Crippen LogP contribution is 2.25. The maximum atomic E-state index is 10.0. The Hall–Kier alpha value is -0.380. The van der Waals surface area contributed by atoms with Crippen LogP contribution in [0.2, 0.25) is 0 Å². The maximum absolute atomic E-state index is 10.0. The van der Waals surface area contributed by atoms with Crippen molar-refractivity contribution in [2.75, 3.05) is 19.8 Å². The largest absolute Gasteiger partial charge is 0.389 e. The molecule has 3 nitrogen and oxygen atoms in total. The maximum Gasteiger partial charge on any atom is 0.0897 e. The Morgan fingerprint density at radius 1 is 1.24 bits per heavy atom. The van der Waals surface area contributed by atoms with E-state index in [0.717, 1.165) is 19.4 Å². The van der Waals surface area contributed by atoms with Crippen molar-refractivity contribution >= 4 is 0 Å². The van der Waals surface area contributed by atoms with E-state index < -0.39 is 6.10 Å². The van der Waals surface area contributed by atoms with Gasteiger partial charge in [-0.15, -0.1) is 0 Å². The Balaban J connectivity index is 2.13. The van der Waals surface area contributed by atoms with E-state index in [9.17, 15) is 5.11 Å². The summed E-state index contributed by atoms with van der Waals surface area (Å²) in [6, 6.07) is 0.457. The number of aliphatic hydroxyl groups is 1. The molecule has 0 fully saturated rings. The number of hydrogen-bond donors (Lipinski definition) is 2. The van der Waals surface area contributed by atoms with Gasteiger partial charge in [-0.1, -0.05) is 45.8 Å². The third-order valence-corrected chi connectivity index (χ3v) is 4.99. The van der Waals surface area contributed by atoms with Gasteiger partial charge in [0.15, 0.2) is 0 Å². The lowest BCUT2D eigenvalue weighted by Gasteiger charge is -2.26. The van der Waals surface area contributed by atoms with Gasteiger partial charge in [0.2, 0.25) is 0 Å². The van der Waals surface area contributed by atoms with Crippen molar-refractivity contribution in [1.29, 1.82) is 0 Å². The van der Waals surface area contributed by atoms with Crippen LogP contribution in [0.5, 0.6) is 0 Å². The van der Waals surface area contributed by atoms with Gasteiger partial charge in [-0.05, 0) is 37.5 Å². The second-order valence-corrected chi connectivity index (χ2v) is 6.64. The Labute approximate surface area is 131 Å². The lowest BCUT2D eigenvalue weighted by atomic mass is 9.85. The van der Waals surface area contributed by atoms with E-state index in [1.54, 1.807) is 0 Å². The first-order valence-electron chi connectivity index (χ1n) is 8.72. The molecule has 0 aromatic heterocycles. The van der Waals surface area contributed by atoms with Gasteiger partial charge in [0.1, 0.15) is 0 Å². The Kier molecular flexibility index (Phi) is 9.21. The average Bonchev–Trinajstić information content (AvgIpc) is 2.48. The Morgan fingerprint density at radius 2 is 1.90 bits per heavy atom. The van der Waals surface area contributed by atoms with Crippen LogP contribution >= 0.6 is 0 Å². The first kappa shape index (κ1) is 18.7. The van der Waals surface area contributed by atoms with E-state index in [0.29, 0.717) is 36.9 Å². The van der Waals surface area contributed by atoms with Gasteiger partial charge in [0.25, 0.3) is 0 Å². The molecule has 1 aliphatic carbocycles. The van der Waals surface area contributed by atoms with Gasteiger partial charge in [0, 0.05) is 12.6 Å². The lowest BCUT2D eigenvalue weighted by Crippen LogP contribution is -2.40. The van der Waals surface area contributed by atoms with Gasteiger partial charge in [-0.25, -0.2) is 0 Å². The number of nitrogens with one attached hydrogen (secondary N) is 1. The fourth-order valence-corrected chi connectivity index (χ4v) is 3.14. The Morgan fingerprint density at radius 3 is 2.52 bits per heavy atom. The van der Waals surface area contributed by atoms with Crippen molar-refractivity contribution in [3.63, 3.8) is 0 Å². The molecular weight excluding hydrogens is 262 g/mol. The van der Waals surface area contributed by atoms with E-state index >= 15 is 0 Å². The van der Waals surface area contributed by atoms with Crippen LogP contribution in [0.4, 0.5) is 0 Å². The molecule has 2 N–H and O–H groups in total. The number of allylic oxidation sites excluding steroid dienone is 2. The summed E-state index contributed by atoms with van der Waals surface area (Å²) >= 11 is 0. The quantitative estimate of drug-likeness (QED) is 0.607. The number of rotatable bonds is 10. The molecule has 0 aromatic carbocycles. The molecule has 4 unspecified atom stereocenters. The number of hydrogen-bond acceptors (Lipinski definition) is 3. The molecule has 1 aliphatic rings. The van der Waals surface area contributed by atoms with Gasteiger partial charge in [-0.3, -0.25) is 0 Å². The van der Waals surface area contributed by atoms with Crippen molar-refractivity contribution in [3.05, 3.63) is 12.2 Å². The molecule has 0 bridgehead atoms. The van der Waals surface area contributed by atoms with Crippen LogP contribution in [0.1, 0.15) is 53.4 Å². The SMILES string of the molecule is CCC(CC)C(C)NCC(O)COCC1CC=CCC1C. The van der Waals surface area contributed by atoms with Gasteiger partial charge >= 0.3 is 0 Å². The van der Waals surface area contributed by atoms with E-state index in [2.05, 4.69) is 45.2 Å². The molecule has 0 amide bonds. The molecule has 1 rings (SSSR count). The van der Waals surface area contributed by atoms with Crippen LogP contribution in [-0.2, 0) is 4.74 Å².